The highest BCUT2D eigenvalue weighted by Crippen LogP contribution is 2.19. The molecule has 2 N–H and O–H groups in total. The number of aromatic nitrogens is 4. The van der Waals surface area contributed by atoms with Gasteiger partial charge in [0.2, 0.25) is 5.95 Å². The number of nitrogens with one attached hydrogen (secondary N) is 1. The molecule has 0 spiro atoms. The lowest BCUT2D eigenvalue weighted by Crippen LogP contribution is -2.18. The molecule has 25 heavy (non-hydrogen) atoms. The van der Waals surface area contributed by atoms with Crippen molar-refractivity contribution >= 4 is 17.0 Å². The molecule has 3 heterocycles. The van der Waals surface area contributed by atoms with Crippen LogP contribution in [0.4, 0.5) is 0 Å². The lowest BCUT2D eigenvalue weighted by Gasteiger charge is -2.07. The number of rotatable bonds is 3. The van der Waals surface area contributed by atoms with Crippen LogP contribution in [0, 0.1) is 6.92 Å². The van der Waals surface area contributed by atoms with E-state index in [0.29, 0.717) is 17.0 Å². The van der Waals surface area contributed by atoms with E-state index in [1.807, 2.05) is 47.3 Å². The minimum atomic E-state index is -1.19. The summed E-state index contributed by atoms with van der Waals surface area (Å²) in [6, 6.07) is 10.7. The molecular weight excluding hydrogens is 320 g/mol. The maximum Gasteiger partial charge on any atom is 0.353 e. The van der Waals surface area contributed by atoms with Crippen molar-refractivity contribution in [3.8, 4) is 11.6 Å². The molecule has 0 atom stereocenters. The average Bonchev–Trinajstić information content (AvgIpc) is 3.24. The summed E-state index contributed by atoms with van der Waals surface area (Å²) in [6.07, 6.45) is 5.36. The van der Waals surface area contributed by atoms with Crippen molar-refractivity contribution in [2.45, 2.75) is 6.92 Å². The molecule has 1 aromatic carbocycles. The highest BCUT2D eigenvalue weighted by Gasteiger charge is 2.15. The van der Waals surface area contributed by atoms with Gasteiger partial charge in [-0.15, -0.1) is 0 Å². The first-order chi connectivity index (χ1) is 12.0. The van der Waals surface area contributed by atoms with E-state index >= 15 is 0 Å². The van der Waals surface area contributed by atoms with Crippen molar-refractivity contribution in [1.82, 2.24) is 19.1 Å². The number of benzene rings is 1. The number of hydrogen-bond acceptors (Lipinski definition) is 3. The fraction of sp³-hybridized carbons (Fsp3) is 0.0556. The maximum atomic E-state index is 11.8. The molecule has 0 aliphatic carbocycles. The van der Waals surface area contributed by atoms with Crippen molar-refractivity contribution < 1.29 is 9.90 Å². The number of nitrogens with zero attached hydrogens (tertiary/aromatic N) is 3. The summed E-state index contributed by atoms with van der Waals surface area (Å²) >= 11 is 0. The number of aromatic carboxylic acids is 1. The van der Waals surface area contributed by atoms with Gasteiger partial charge in [0.15, 0.2) is 5.43 Å². The van der Waals surface area contributed by atoms with Crippen LogP contribution in [-0.2, 0) is 0 Å². The van der Waals surface area contributed by atoms with Crippen molar-refractivity contribution in [3.63, 3.8) is 0 Å². The Hall–Kier alpha value is -3.61. The summed E-state index contributed by atoms with van der Waals surface area (Å²) in [5.41, 5.74) is 2.42. The Labute approximate surface area is 141 Å². The van der Waals surface area contributed by atoms with Crippen LogP contribution in [0.5, 0.6) is 0 Å². The number of aromatic amines is 1. The van der Waals surface area contributed by atoms with Crippen LogP contribution in [-0.4, -0.2) is 30.2 Å². The second kappa shape index (κ2) is 5.48. The lowest BCUT2D eigenvalue weighted by molar-refractivity contribution is 0.0687. The van der Waals surface area contributed by atoms with Gasteiger partial charge in [-0.25, -0.2) is 9.78 Å². The van der Waals surface area contributed by atoms with Crippen LogP contribution in [0.3, 0.4) is 0 Å². The lowest BCUT2D eigenvalue weighted by atomic mass is 10.2. The monoisotopic (exact) mass is 334 g/mol. The number of pyridine rings is 1. The molecule has 0 aliphatic rings. The Morgan fingerprint density at radius 1 is 1.20 bits per heavy atom. The molecule has 3 aromatic heterocycles. The van der Waals surface area contributed by atoms with Crippen molar-refractivity contribution in [3.05, 3.63) is 76.5 Å². The number of imidazole rings is 1. The smallest absolute Gasteiger partial charge is 0.353 e. The second-order valence-electron chi connectivity index (χ2n) is 5.73. The zero-order valence-electron chi connectivity index (χ0n) is 13.3. The molecule has 7 nitrogen and oxygen atoms in total. The van der Waals surface area contributed by atoms with Gasteiger partial charge in [0.25, 0.3) is 0 Å². The highest BCUT2D eigenvalue weighted by molar-refractivity contribution is 5.86. The van der Waals surface area contributed by atoms with Gasteiger partial charge in [0.05, 0.1) is 11.0 Å². The van der Waals surface area contributed by atoms with E-state index in [0.717, 1.165) is 17.3 Å². The number of hydrogen-bond donors (Lipinski definition) is 2. The minimum absolute atomic E-state index is 0.139. The molecule has 0 amide bonds. The Bertz CT molecular complexity index is 1150. The van der Waals surface area contributed by atoms with Crippen LogP contribution in [0.1, 0.15) is 16.1 Å². The third kappa shape index (κ3) is 2.51. The Morgan fingerprint density at radius 3 is 2.68 bits per heavy atom. The van der Waals surface area contributed by atoms with Gasteiger partial charge in [0.1, 0.15) is 5.69 Å². The zero-order valence-corrected chi connectivity index (χ0v) is 13.3. The van der Waals surface area contributed by atoms with E-state index in [2.05, 4.69) is 9.97 Å². The zero-order chi connectivity index (χ0) is 17.6. The quantitative estimate of drug-likeness (QED) is 0.602. The van der Waals surface area contributed by atoms with Crippen LogP contribution >= 0.6 is 0 Å². The van der Waals surface area contributed by atoms with Gasteiger partial charge in [-0.1, -0.05) is 0 Å². The first kappa shape index (κ1) is 14.9. The standard InChI is InChI=1S/C18H14N4O3/c1-11-10-22(15(17(24)25)9-16(11)23)18-19-13-5-4-12(8-14(13)20-18)21-6-2-3-7-21/h2-10H,1H3,(H,19,20)(H,24,25). The molecule has 0 unspecified atom stereocenters. The third-order valence-corrected chi connectivity index (χ3v) is 4.04. The van der Waals surface area contributed by atoms with Crippen molar-refractivity contribution in [2.24, 2.45) is 0 Å². The van der Waals surface area contributed by atoms with Gasteiger partial charge in [0, 0.05) is 35.9 Å². The molecule has 0 radical (unpaired) electrons. The van der Waals surface area contributed by atoms with Crippen molar-refractivity contribution in [1.29, 1.82) is 0 Å². The summed E-state index contributed by atoms with van der Waals surface area (Å²) in [5, 5.41) is 9.38. The predicted octanol–water partition coefficient (Wildman–Crippen LogP) is 2.51. The molecule has 0 saturated carbocycles. The van der Waals surface area contributed by atoms with Crippen LogP contribution in [0.2, 0.25) is 0 Å². The number of carboxylic acids is 1. The molecule has 0 aliphatic heterocycles. The summed E-state index contributed by atoms with van der Waals surface area (Å²) in [5.74, 6) is -0.842. The van der Waals surface area contributed by atoms with Crippen LogP contribution in [0.15, 0.2) is 59.8 Å². The van der Waals surface area contributed by atoms with Gasteiger partial charge in [-0.05, 0) is 37.3 Å². The molecule has 0 saturated heterocycles. The van der Waals surface area contributed by atoms with Gasteiger partial charge in [-0.2, -0.15) is 0 Å². The largest absolute Gasteiger partial charge is 0.477 e. The molecule has 0 fully saturated rings. The van der Waals surface area contributed by atoms with Crippen LogP contribution in [0.25, 0.3) is 22.7 Å². The molecule has 0 bridgehead atoms. The Morgan fingerprint density at radius 2 is 1.96 bits per heavy atom. The van der Waals surface area contributed by atoms with E-state index in [1.54, 1.807) is 6.92 Å². The first-order valence-electron chi connectivity index (χ1n) is 7.63. The number of fused-ring (bicyclic) bond motifs is 1. The van der Waals surface area contributed by atoms with E-state index in [-0.39, 0.29) is 11.1 Å². The predicted molar refractivity (Wildman–Crippen MR) is 92.7 cm³/mol. The molecule has 4 aromatic rings. The Kier molecular flexibility index (Phi) is 3.28. The molecular formula is C18H14N4O3. The highest BCUT2D eigenvalue weighted by atomic mass is 16.4. The van der Waals surface area contributed by atoms with Crippen LogP contribution < -0.4 is 5.43 Å². The fourth-order valence-electron chi connectivity index (χ4n) is 2.74. The fourth-order valence-corrected chi connectivity index (χ4v) is 2.74. The van der Waals surface area contributed by atoms with E-state index < -0.39 is 5.97 Å². The summed E-state index contributed by atoms with van der Waals surface area (Å²) in [4.78, 5) is 30.8. The number of carbonyl (C=O) groups is 1. The maximum absolute atomic E-state index is 11.8. The van der Waals surface area contributed by atoms with E-state index in [4.69, 9.17) is 0 Å². The normalized spacial score (nSPS) is 11.1. The van der Waals surface area contributed by atoms with E-state index in [1.165, 1.54) is 10.8 Å². The SMILES string of the molecule is Cc1cn(-c2nc3ccc(-n4cccc4)cc3[nH]2)c(C(=O)O)cc1=O. The van der Waals surface area contributed by atoms with Gasteiger partial charge < -0.3 is 14.7 Å². The summed E-state index contributed by atoms with van der Waals surface area (Å²) in [7, 11) is 0. The van der Waals surface area contributed by atoms with Crippen molar-refractivity contribution in [2.75, 3.05) is 0 Å². The minimum Gasteiger partial charge on any atom is -0.477 e. The number of H-pyrrole nitrogens is 1. The van der Waals surface area contributed by atoms with Gasteiger partial charge in [-0.3, -0.25) is 9.36 Å². The third-order valence-electron chi connectivity index (χ3n) is 4.04. The molecule has 124 valence electrons. The molecule has 7 heteroatoms. The second-order valence-corrected chi connectivity index (χ2v) is 5.73. The van der Waals surface area contributed by atoms with E-state index in [9.17, 15) is 14.7 Å². The first-order valence-corrected chi connectivity index (χ1v) is 7.63. The summed E-state index contributed by atoms with van der Waals surface area (Å²) in [6.45, 7) is 1.64. The van der Waals surface area contributed by atoms with Gasteiger partial charge >= 0.3 is 5.97 Å². The number of carboxylic acid groups (broad SMARTS) is 1. The summed E-state index contributed by atoms with van der Waals surface area (Å²) < 4.78 is 3.35. The molecule has 4 rings (SSSR count). The Balaban J connectivity index is 1.89. The number of aryl methyl sites for hydroxylation is 1. The average molecular weight is 334 g/mol. The topological polar surface area (TPSA) is 92.9 Å².